The van der Waals surface area contributed by atoms with Gasteiger partial charge in [0.05, 0.1) is 0 Å². The van der Waals surface area contributed by atoms with Gasteiger partial charge in [0, 0.05) is 18.3 Å². The number of nitrogens with zero attached hydrogens (tertiary/aromatic N) is 1. The minimum absolute atomic E-state index is 0.441. The van der Waals surface area contributed by atoms with Crippen molar-refractivity contribution in [1.82, 2.24) is 4.98 Å². The predicted octanol–water partition coefficient (Wildman–Crippen LogP) is 1.12. The van der Waals surface area contributed by atoms with Crippen molar-refractivity contribution in [3.63, 3.8) is 0 Å². The second-order valence-corrected chi connectivity index (χ2v) is 1.97. The second kappa shape index (κ2) is 3.77. The third-order valence-corrected chi connectivity index (χ3v) is 1.21. The molecule has 2 nitrogen and oxygen atoms in total. The molecular weight excluding hydrogens is 126 g/mol. The summed E-state index contributed by atoms with van der Waals surface area (Å²) < 4.78 is 0. The van der Waals surface area contributed by atoms with Gasteiger partial charge in [-0.15, -0.1) is 0 Å². The Morgan fingerprint density at radius 3 is 3.00 bits per heavy atom. The van der Waals surface area contributed by atoms with Gasteiger partial charge in [0.2, 0.25) is 0 Å². The van der Waals surface area contributed by atoms with Crippen LogP contribution in [-0.4, -0.2) is 11.3 Å². The second-order valence-electron chi connectivity index (χ2n) is 1.97. The molecule has 0 saturated carbocycles. The van der Waals surface area contributed by atoms with Gasteiger partial charge < -0.3 is 0 Å². The van der Waals surface area contributed by atoms with E-state index in [1.165, 1.54) is 0 Å². The molecule has 1 aromatic heterocycles. The largest absolute Gasteiger partial charge is 0.291 e. The van der Waals surface area contributed by atoms with Crippen LogP contribution in [0, 0.1) is 0 Å². The summed E-state index contributed by atoms with van der Waals surface area (Å²) in [6, 6.07) is 5.67. The monoisotopic (exact) mass is 134 g/mol. The standard InChI is InChI=1S/C8H8NO/c10-7-3-5-8-4-1-2-6-9-8/h1-2,4,6H,3,5H2. The minimum Gasteiger partial charge on any atom is -0.291 e. The number of pyridine rings is 1. The fraction of sp³-hybridized carbons (Fsp3) is 0.250. The third kappa shape index (κ3) is 1.97. The van der Waals surface area contributed by atoms with E-state index in [4.69, 9.17) is 0 Å². The molecule has 0 amide bonds. The summed E-state index contributed by atoms with van der Waals surface area (Å²) in [6.45, 7) is 0. The molecule has 1 radical (unpaired) electrons. The van der Waals surface area contributed by atoms with Crippen molar-refractivity contribution in [1.29, 1.82) is 0 Å². The van der Waals surface area contributed by atoms with Crippen LogP contribution in [-0.2, 0) is 11.2 Å². The van der Waals surface area contributed by atoms with E-state index in [1.54, 1.807) is 6.20 Å². The van der Waals surface area contributed by atoms with Crippen molar-refractivity contribution in [3.8, 4) is 0 Å². The van der Waals surface area contributed by atoms with E-state index in [9.17, 15) is 4.79 Å². The molecule has 0 saturated heterocycles. The molecule has 0 fully saturated rings. The van der Waals surface area contributed by atoms with Crippen molar-refractivity contribution >= 4 is 6.29 Å². The zero-order chi connectivity index (χ0) is 7.23. The molecule has 0 bridgehead atoms. The van der Waals surface area contributed by atoms with Crippen LogP contribution in [0.3, 0.4) is 0 Å². The SMILES string of the molecule is O=[C]CCc1ccccn1. The predicted molar refractivity (Wildman–Crippen MR) is 38.3 cm³/mol. The fourth-order valence-corrected chi connectivity index (χ4v) is 0.725. The maximum Gasteiger partial charge on any atom is 0.198 e. The van der Waals surface area contributed by atoms with Crippen LogP contribution in [0.5, 0.6) is 0 Å². The first-order valence-electron chi connectivity index (χ1n) is 3.18. The van der Waals surface area contributed by atoms with Crippen LogP contribution in [0.2, 0.25) is 0 Å². The maximum atomic E-state index is 9.83. The number of carbonyl (C=O) groups excluding carboxylic acids is 1. The van der Waals surface area contributed by atoms with Crippen molar-refractivity contribution < 1.29 is 4.79 Å². The third-order valence-electron chi connectivity index (χ3n) is 1.21. The van der Waals surface area contributed by atoms with E-state index in [2.05, 4.69) is 4.98 Å². The van der Waals surface area contributed by atoms with Gasteiger partial charge in [-0.2, -0.15) is 0 Å². The zero-order valence-electron chi connectivity index (χ0n) is 5.58. The molecule has 0 aliphatic heterocycles. The molecule has 10 heavy (non-hydrogen) atoms. The summed E-state index contributed by atoms with van der Waals surface area (Å²) in [7, 11) is 0. The van der Waals surface area contributed by atoms with E-state index in [0.717, 1.165) is 5.69 Å². The molecule has 0 aromatic carbocycles. The molecule has 0 aliphatic rings. The van der Waals surface area contributed by atoms with Gasteiger partial charge in [0.25, 0.3) is 0 Å². The van der Waals surface area contributed by atoms with E-state index in [-0.39, 0.29) is 0 Å². The van der Waals surface area contributed by atoms with Crippen LogP contribution in [0.1, 0.15) is 12.1 Å². The fourth-order valence-electron chi connectivity index (χ4n) is 0.725. The van der Waals surface area contributed by atoms with Crippen molar-refractivity contribution in [2.45, 2.75) is 12.8 Å². The summed E-state index contributed by atoms with van der Waals surface area (Å²) in [4.78, 5) is 13.9. The molecule has 1 aromatic rings. The summed E-state index contributed by atoms with van der Waals surface area (Å²) in [5.74, 6) is 0. The molecule has 2 heteroatoms. The normalized spacial score (nSPS) is 9.20. The molecule has 0 aliphatic carbocycles. The summed E-state index contributed by atoms with van der Waals surface area (Å²) in [5.41, 5.74) is 0.950. The quantitative estimate of drug-likeness (QED) is 0.620. The smallest absolute Gasteiger partial charge is 0.198 e. The average Bonchev–Trinajstić information content (AvgIpc) is 2.03. The lowest BCUT2D eigenvalue weighted by Gasteiger charge is -1.91. The Kier molecular flexibility index (Phi) is 2.62. The number of aryl methyl sites for hydroxylation is 1. The van der Waals surface area contributed by atoms with Crippen LogP contribution in [0.4, 0.5) is 0 Å². The topological polar surface area (TPSA) is 30.0 Å². The zero-order valence-corrected chi connectivity index (χ0v) is 5.58. The molecule has 1 heterocycles. The molecule has 0 N–H and O–H groups in total. The minimum atomic E-state index is 0.441. The Morgan fingerprint density at radius 2 is 2.40 bits per heavy atom. The molecule has 0 atom stereocenters. The first-order chi connectivity index (χ1) is 4.93. The number of rotatable bonds is 3. The van der Waals surface area contributed by atoms with Crippen LogP contribution >= 0.6 is 0 Å². The first-order valence-corrected chi connectivity index (χ1v) is 3.18. The Morgan fingerprint density at radius 1 is 1.50 bits per heavy atom. The van der Waals surface area contributed by atoms with Crippen LogP contribution in [0.15, 0.2) is 24.4 Å². The Bertz CT molecular complexity index is 196. The lowest BCUT2D eigenvalue weighted by molar-refractivity contribution is 0.551. The average molecular weight is 134 g/mol. The van der Waals surface area contributed by atoms with E-state index >= 15 is 0 Å². The van der Waals surface area contributed by atoms with Crippen LogP contribution in [0.25, 0.3) is 0 Å². The lowest BCUT2D eigenvalue weighted by atomic mass is 10.2. The number of hydrogen-bond donors (Lipinski definition) is 0. The Balaban J connectivity index is 2.50. The van der Waals surface area contributed by atoms with Gasteiger partial charge in [-0.25, -0.2) is 0 Å². The highest BCUT2D eigenvalue weighted by Gasteiger charge is 1.90. The van der Waals surface area contributed by atoms with Crippen molar-refractivity contribution in [3.05, 3.63) is 30.1 Å². The van der Waals surface area contributed by atoms with Gasteiger partial charge in [0.15, 0.2) is 6.29 Å². The van der Waals surface area contributed by atoms with Gasteiger partial charge in [-0.1, -0.05) is 6.07 Å². The van der Waals surface area contributed by atoms with E-state index < -0.39 is 0 Å². The molecule has 1 rings (SSSR count). The van der Waals surface area contributed by atoms with Crippen LogP contribution < -0.4 is 0 Å². The Hall–Kier alpha value is -1.18. The highest BCUT2D eigenvalue weighted by Crippen LogP contribution is 1.95. The van der Waals surface area contributed by atoms with Crippen molar-refractivity contribution in [2.24, 2.45) is 0 Å². The molecular formula is C8H8NO. The summed E-state index contributed by atoms with van der Waals surface area (Å²) >= 11 is 0. The molecule has 51 valence electrons. The first kappa shape index (κ1) is 6.93. The van der Waals surface area contributed by atoms with Gasteiger partial charge >= 0.3 is 0 Å². The van der Waals surface area contributed by atoms with Gasteiger partial charge in [-0.3, -0.25) is 9.78 Å². The lowest BCUT2D eigenvalue weighted by Crippen LogP contribution is -1.88. The summed E-state index contributed by atoms with van der Waals surface area (Å²) in [6.07, 6.45) is 4.69. The van der Waals surface area contributed by atoms with Crippen molar-refractivity contribution in [2.75, 3.05) is 0 Å². The molecule has 0 unspecified atom stereocenters. The Labute approximate surface area is 59.9 Å². The summed E-state index contributed by atoms with van der Waals surface area (Å²) in [5, 5.41) is 0. The highest BCUT2D eigenvalue weighted by atomic mass is 16.1. The van der Waals surface area contributed by atoms with E-state index in [0.29, 0.717) is 12.8 Å². The maximum absolute atomic E-state index is 9.83. The highest BCUT2D eigenvalue weighted by molar-refractivity contribution is 5.50. The number of aromatic nitrogens is 1. The van der Waals surface area contributed by atoms with E-state index in [1.807, 2.05) is 24.5 Å². The van der Waals surface area contributed by atoms with Gasteiger partial charge in [0.1, 0.15) is 0 Å². The van der Waals surface area contributed by atoms with Gasteiger partial charge in [-0.05, 0) is 18.6 Å². The number of hydrogen-bond acceptors (Lipinski definition) is 2. The molecule has 0 spiro atoms.